The molecule has 100 valence electrons. The lowest BCUT2D eigenvalue weighted by Crippen LogP contribution is -2.10. The van der Waals surface area contributed by atoms with Crippen LogP contribution in [0.25, 0.3) is 0 Å². The quantitative estimate of drug-likeness (QED) is 0.670. The van der Waals surface area contributed by atoms with Crippen LogP contribution < -0.4 is 11.1 Å². The Labute approximate surface area is 120 Å². The summed E-state index contributed by atoms with van der Waals surface area (Å²) in [7, 11) is 1.34. The van der Waals surface area contributed by atoms with Gasteiger partial charge in [-0.1, -0.05) is 17.7 Å². The first-order chi connectivity index (χ1) is 9.11. The van der Waals surface area contributed by atoms with Gasteiger partial charge in [0.05, 0.1) is 28.4 Å². The summed E-state index contributed by atoms with van der Waals surface area (Å²) >= 11 is 7.35. The topological polar surface area (TPSA) is 64.3 Å². The summed E-state index contributed by atoms with van der Waals surface area (Å²) < 4.78 is 5.46. The number of ether oxygens (including phenoxy) is 1. The first kappa shape index (κ1) is 13.7. The third kappa shape index (κ3) is 3.19. The minimum absolute atomic E-state index is 0.418. The van der Waals surface area contributed by atoms with Crippen LogP contribution >= 0.6 is 22.9 Å². The predicted octanol–water partition coefficient (Wildman–Crippen LogP) is 3.38. The van der Waals surface area contributed by atoms with Crippen molar-refractivity contribution >= 4 is 40.3 Å². The zero-order valence-electron chi connectivity index (χ0n) is 10.3. The van der Waals surface area contributed by atoms with E-state index in [1.54, 1.807) is 18.2 Å². The number of nitrogens with two attached hydrogens (primary N) is 1. The standard InChI is InChI=1S/C13H13ClN2O2S/c1-18-13(17)9-3-2-4-10(15)12(9)16-7-8-5-6-11(14)19-8/h2-6,16H,7,15H2,1H3. The van der Waals surface area contributed by atoms with Crippen molar-refractivity contribution in [1.29, 1.82) is 0 Å². The van der Waals surface area contributed by atoms with E-state index in [4.69, 9.17) is 22.1 Å². The van der Waals surface area contributed by atoms with Gasteiger partial charge in [0, 0.05) is 11.4 Å². The van der Waals surface area contributed by atoms with Crippen LogP contribution in [-0.4, -0.2) is 13.1 Å². The fraction of sp³-hybridized carbons (Fsp3) is 0.154. The summed E-state index contributed by atoms with van der Waals surface area (Å²) in [6, 6.07) is 8.88. The van der Waals surface area contributed by atoms with Crippen molar-refractivity contribution in [2.24, 2.45) is 0 Å². The van der Waals surface area contributed by atoms with E-state index in [1.165, 1.54) is 18.4 Å². The first-order valence-corrected chi connectivity index (χ1v) is 6.76. The van der Waals surface area contributed by atoms with Gasteiger partial charge in [0.25, 0.3) is 0 Å². The van der Waals surface area contributed by atoms with E-state index in [0.29, 0.717) is 23.5 Å². The molecule has 0 radical (unpaired) electrons. The molecule has 0 saturated heterocycles. The molecule has 2 aromatic rings. The lowest BCUT2D eigenvalue weighted by molar-refractivity contribution is 0.0602. The van der Waals surface area contributed by atoms with Crippen molar-refractivity contribution in [3.63, 3.8) is 0 Å². The number of hydrogen-bond acceptors (Lipinski definition) is 5. The molecule has 0 amide bonds. The van der Waals surface area contributed by atoms with Gasteiger partial charge in [-0.05, 0) is 24.3 Å². The minimum Gasteiger partial charge on any atom is -0.465 e. The second-order valence-electron chi connectivity index (χ2n) is 3.82. The van der Waals surface area contributed by atoms with Gasteiger partial charge in [-0.15, -0.1) is 11.3 Å². The highest BCUT2D eigenvalue weighted by atomic mass is 35.5. The van der Waals surface area contributed by atoms with Crippen molar-refractivity contribution < 1.29 is 9.53 Å². The molecule has 0 aliphatic carbocycles. The number of para-hydroxylation sites is 1. The Hall–Kier alpha value is -1.72. The summed E-state index contributed by atoms with van der Waals surface area (Å²) in [4.78, 5) is 12.7. The summed E-state index contributed by atoms with van der Waals surface area (Å²) in [5.74, 6) is -0.418. The van der Waals surface area contributed by atoms with Gasteiger partial charge in [-0.2, -0.15) is 0 Å². The fourth-order valence-corrected chi connectivity index (χ4v) is 2.70. The summed E-state index contributed by atoms with van der Waals surface area (Å²) in [5.41, 5.74) is 7.40. The Morgan fingerprint density at radius 2 is 2.21 bits per heavy atom. The van der Waals surface area contributed by atoms with E-state index < -0.39 is 5.97 Å². The molecule has 19 heavy (non-hydrogen) atoms. The van der Waals surface area contributed by atoms with Crippen molar-refractivity contribution in [1.82, 2.24) is 0 Å². The molecule has 0 atom stereocenters. The van der Waals surface area contributed by atoms with Crippen LogP contribution in [0.2, 0.25) is 4.34 Å². The molecule has 0 unspecified atom stereocenters. The molecule has 6 heteroatoms. The Bertz CT molecular complexity index is 598. The third-order valence-corrected chi connectivity index (χ3v) is 3.80. The average Bonchev–Trinajstić information content (AvgIpc) is 2.82. The maximum Gasteiger partial charge on any atom is 0.340 e. The number of nitrogen functional groups attached to an aromatic ring is 1. The van der Waals surface area contributed by atoms with Gasteiger partial charge >= 0.3 is 5.97 Å². The number of hydrogen-bond donors (Lipinski definition) is 2. The molecule has 0 saturated carbocycles. The first-order valence-electron chi connectivity index (χ1n) is 5.56. The van der Waals surface area contributed by atoms with Crippen LogP contribution in [0.15, 0.2) is 30.3 Å². The van der Waals surface area contributed by atoms with Crippen molar-refractivity contribution in [3.8, 4) is 0 Å². The number of carbonyl (C=O) groups is 1. The van der Waals surface area contributed by atoms with Gasteiger partial charge in [-0.3, -0.25) is 0 Å². The molecule has 0 aliphatic rings. The number of nitrogens with one attached hydrogen (secondary N) is 1. The molecular formula is C13H13ClN2O2S. The third-order valence-electron chi connectivity index (χ3n) is 2.57. The highest BCUT2D eigenvalue weighted by Crippen LogP contribution is 2.27. The normalized spacial score (nSPS) is 10.2. The van der Waals surface area contributed by atoms with Crippen LogP contribution in [0, 0.1) is 0 Å². The maximum atomic E-state index is 11.7. The van der Waals surface area contributed by atoms with E-state index in [1.807, 2.05) is 12.1 Å². The van der Waals surface area contributed by atoms with E-state index in [9.17, 15) is 4.79 Å². The summed E-state index contributed by atoms with van der Waals surface area (Å²) in [6.45, 7) is 0.551. The van der Waals surface area contributed by atoms with Crippen LogP contribution in [0.5, 0.6) is 0 Å². The molecule has 4 nitrogen and oxygen atoms in total. The van der Waals surface area contributed by atoms with Gasteiger partial charge in [0.2, 0.25) is 0 Å². The number of benzene rings is 1. The predicted molar refractivity (Wildman–Crippen MR) is 78.8 cm³/mol. The SMILES string of the molecule is COC(=O)c1cccc(N)c1NCc1ccc(Cl)s1. The lowest BCUT2D eigenvalue weighted by Gasteiger charge is -2.12. The molecule has 1 aromatic carbocycles. The average molecular weight is 297 g/mol. The van der Waals surface area contributed by atoms with E-state index in [0.717, 1.165) is 9.21 Å². The maximum absolute atomic E-state index is 11.7. The van der Waals surface area contributed by atoms with Gasteiger partial charge in [-0.25, -0.2) is 4.79 Å². The van der Waals surface area contributed by atoms with Crippen LogP contribution in [-0.2, 0) is 11.3 Å². The lowest BCUT2D eigenvalue weighted by atomic mass is 10.1. The van der Waals surface area contributed by atoms with Gasteiger partial charge in [0.15, 0.2) is 0 Å². The van der Waals surface area contributed by atoms with E-state index in [-0.39, 0.29) is 0 Å². The number of methoxy groups -OCH3 is 1. The van der Waals surface area contributed by atoms with Crippen LogP contribution in [0.4, 0.5) is 11.4 Å². The highest BCUT2D eigenvalue weighted by molar-refractivity contribution is 7.16. The van der Waals surface area contributed by atoms with Crippen LogP contribution in [0.3, 0.4) is 0 Å². The summed E-state index contributed by atoms with van der Waals surface area (Å²) in [6.07, 6.45) is 0. The number of carbonyl (C=O) groups excluding carboxylic acids is 1. The number of thiophene rings is 1. The number of anilines is 2. The number of rotatable bonds is 4. The Kier molecular flexibility index (Phi) is 4.29. The molecule has 1 heterocycles. The monoisotopic (exact) mass is 296 g/mol. The van der Waals surface area contributed by atoms with Gasteiger partial charge < -0.3 is 15.8 Å². The van der Waals surface area contributed by atoms with Crippen molar-refractivity contribution in [3.05, 3.63) is 45.1 Å². The number of esters is 1. The fourth-order valence-electron chi connectivity index (χ4n) is 1.67. The molecule has 0 aliphatic heterocycles. The number of halogens is 1. The zero-order chi connectivity index (χ0) is 13.8. The molecule has 3 N–H and O–H groups in total. The Balaban J connectivity index is 2.21. The second-order valence-corrected chi connectivity index (χ2v) is 5.62. The Morgan fingerprint density at radius 1 is 1.42 bits per heavy atom. The van der Waals surface area contributed by atoms with E-state index in [2.05, 4.69) is 5.32 Å². The summed E-state index contributed by atoms with van der Waals surface area (Å²) in [5, 5.41) is 3.15. The van der Waals surface area contributed by atoms with E-state index >= 15 is 0 Å². The van der Waals surface area contributed by atoms with Crippen molar-refractivity contribution in [2.45, 2.75) is 6.54 Å². The second kappa shape index (κ2) is 5.95. The van der Waals surface area contributed by atoms with Crippen LogP contribution in [0.1, 0.15) is 15.2 Å². The molecule has 2 rings (SSSR count). The van der Waals surface area contributed by atoms with Gasteiger partial charge in [0.1, 0.15) is 0 Å². The molecule has 0 bridgehead atoms. The van der Waals surface area contributed by atoms with Crippen molar-refractivity contribution in [2.75, 3.05) is 18.2 Å². The zero-order valence-corrected chi connectivity index (χ0v) is 11.8. The molecular weight excluding hydrogens is 284 g/mol. The molecule has 0 fully saturated rings. The Morgan fingerprint density at radius 3 is 2.84 bits per heavy atom. The molecule has 1 aromatic heterocycles. The molecule has 0 spiro atoms. The highest BCUT2D eigenvalue weighted by Gasteiger charge is 2.14. The minimum atomic E-state index is -0.418. The smallest absolute Gasteiger partial charge is 0.340 e. The largest absolute Gasteiger partial charge is 0.465 e.